The number of carbonyl (C=O) groups is 1. The van der Waals surface area contributed by atoms with Crippen molar-refractivity contribution in [2.45, 2.75) is 36.5 Å². The van der Waals surface area contributed by atoms with Crippen LogP contribution in [0.15, 0.2) is 59.4 Å². The second-order valence-corrected chi connectivity index (χ2v) is 7.98. The van der Waals surface area contributed by atoms with E-state index in [4.69, 9.17) is 0 Å². The Hall–Kier alpha value is -2.45. The Bertz CT molecular complexity index is 952. The highest BCUT2D eigenvalue weighted by atomic mass is 32.2. The number of Topliss-reactive ketones (excluding diaryl/α,β-unsaturated/α-hetero) is 1. The zero-order valence-corrected chi connectivity index (χ0v) is 17.5. The Morgan fingerprint density at radius 2 is 1.82 bits per heavy atom. The topological polar surface area (TPSA) is 73.6 Å². The third-order valence-corrected chi connectivity index (χ3v) is 5.64. The van der Waals surface area contributed by atoms with Gasteiger partial charge < -0.3 is 4.57 Å². The van der Waals surface area contributed by atoms with Crippen molar-refractivity contribution in [3.8, 4) is 0 Å². The number of benzene rings is 1. The van der Waals surface area contributed by atoms with Gasteiger partial charge in [0.05, 0.1) is 11.5 Å². The molecule has 0 aliphatic rings. The molecule has 3 rings (SSSR count). The van der Waals surface area contributed by atoms with E-state index in [0.717, 1.165) is 22.4 Å². The van der Waals surface area contributed by atoms with E-state index in [-0.39, 0.29) is 5.78 Å². The van der Waals surface area contributed by atoms with Crippen LogP contribution in [-0.4, -0.2) is 36.3 Å². The van der Waals surface area contributed by atoms with Gasteiger partial charge in [0.2, 0.25) is 0 Å². The van der Waals surface area contributed by atoms with Crippen molar-refractivity contribution in [3.63, 3.8) is 0 Å². The Morgan fingerprint density at radius 3 is 2.50 bits per heavy atom. The van der Waals surface area contributed by atoms with Gasteiger partial charge in [-0.1, -0.05) is 59.9 Å². The van der Waals surface area contributed by atoms with Gasteiger partial charge in [-0.25, -0.2) is 9.97 Å². The minimum atomic E-state index is 0.0679. The summed E-state index contributed by atoms with van der Waals surface area (Å²) in [5.41, 5.74) is 2.59. The van der Waals surface area contributed by atoms with Crippen LogP contribution in [0.2, 0.25) is 0 Å². The van der Waals surface area contributed by atoms with E-state index >= 15 is 0 Å². The van der Waals surface area contributed by atoms with Crippen molar-refractivity contribution in [1.29, 1.82) is 0 Å². The summed E-state index contributed by atoms with van der Waals surface area (Å²) < 4.78 is 1.98. The second-order valence-electron chi connectivity index (χ2n) is 6.10. The first kappa shape index (κ1) is 20.3. The van der Waals surface area contributed by atoms with Crippen LogP contribution in [0.1, 0.15) is 27.6 Å². The maximum Gasteiger partial charge on any atom is 0.191 e. The maximum atomic E-state index is 12.3. The van der Waals surface area contributed by atoms with Crippen molar-refractivity contribution in [2.75, 3.05) is 5.75 Å². The highest BCUT2D eigenvalue weighted by Gasteiger charge is 2.15. The molecule has 0 radical (unpaired) electrons. The van der Waals surface area contributed by atoms with Crippen LogP contribution in [0.25, 0.3) is 0 Å². The molecule has 0 N–H and O–H groups in total. The largest absolute Gasteiger partial charge is 0.301 e. The predicted octanol–water partition coefficient (Wildman–Crippen LogP) is 4.14. The van der Waals surface area contributed by atoms with Crippen molar-refractivity contribution >= 4 is 29.3 Å². The normalized spacial score (nSPS) is 10.8. The van der Waals surface area contributed by atoms with Crippen molar-refractivity contribution in [2.24, 2.45) is 0 Å². The third-order valence-electron chi connectivity index (χ3n) is 3.83. The second kappa shape index (κ2) is 9.66. The quantitative estimate of drug-likeness (QED) is 0.227. The number of allylic oxidation sites excluding steroid dienone is 1. The first-order chi connectivity index (χ1) is 13.6. The van der Waals surface area contributed by atoms with E-state index in [9.17, 15) is 4.79 Å². The number of rotatable bonds is 9. The number of hydrogen-bond donors (Lipinski definition) is 0. The fourth-order valence-corrected chi connectivity index (χ4v) is 4.32. The number of carbonyl (C=O) groups excluding carboxylic acids is 1. The summed E-state index contributed by atoms with van der Waals surface area (Å²) in [6.07, 6.45) is 1.80. The summed E-state index contributed by atoms with van der Waals surface area (Å²) >= 11 is 2.91. The summed E-state index contributed by atoms with van der Waals surface area (Å²) in [4.78, 5) is 21.2. The molecule has 1 aromatic carbocycles. The highest BCUT2D eigenvalue weighted by molar-refractivity contribution is 7.99. The Balaban J connectivity index is 1.68. The first-order valence-electron chi connectivity index (χ1n) is 8.76. The predicted molar refractivity (Wildman–Crippen MR) is 113 cm³/mol. The van der Waals surface area contributed by atoms with Crippen molar-refractivity contribution in [3.05, 3.63) is 71.8 Å². The van der Waals surface area contributed by atoms with Crippen LogP contribution in [0.5, 0.6) is 0 Å². The molecule has 0 fully saturated rings. The van der Waals surface area contributed by atoms with Crippen LogP contribution in [-0.2, 0) is 12.3 Å². The lowest BCUT2D eigenvalue weighted by molar-refractivity contribution is 0.102. The van der Waals surface area contributed by atoms with E-state index in [2.05, 4.69) is 26.7 Å². The monoisotopic (exact) mass is 411 g/mol. The number of ketones is 1. The molecule has 28 heavy (non-hydrogen) atoms. The van der Waals surface area contributed by atoms with E-state index < -0.39 is 0 Å². The molecular weight excluding hydrogens is 390 g/mol. The van der Waals surface area contributed by atoms with Gasteiger partial charge in [-0.05, 0) is 19.9 Å². The number of aryl methyl sites for hydroxylation is 2. The molecule has 2 aromatic heterocycles. The van der Waals surface area contributed by atoms with Gasteiger partial charge in [-0.3, -0.25) is 4.79 Å². The fourth-order valence-electron chi connectivity index (χ4n) is 2.57. The Labute approximate surface area is 172 Å². The Morgan fingerprint density at radius 1 is 1.11 bits per heavy atom. The average Bonchev–Trinajstić information content (AvgIpc) is 3.06. The summed E-state index contributed by atoms with van der Waals surface area (Å²) in [7, 11) is 0. The molecule has 6 nitrogen and oxygen atoms in total. The molecule has 0 amide bonds. The lowest BCUT2D eigenvalue weighted by Crippen LogP contribution is -2.06. The molecular formula is C20H21N5OS2. The van der Waals surface area contributed by atoms with Gasteiger partial charge >= 0.3 is 0 Å². The molecule has 2 heterocycles. The van der Waals surface area contributed by atoms with Crippen LogP contribution in [0.4, 0.5) is 0 Å². The lowest BCUT2D eigenvalue weighted by atomic mass is 10.2. The van der Waals surface area contributed by atoms with Crippen molar-refractivity contribution < 1.29 is 4.79 Å². The lowest BCUT2D eigenvalue weighted by Gasteiger charge is -2.07. The molecule has 0 aliphatic heterocycles. The molecule has 3 aromatic rings. The van der Waals surface area contributed by atoms with E-state index in [1.807, 2.05) is 54.8 Å². The summed E-state index contributed by atoms with van der Waals surface area (Å²) in [6.45, 7) is 8.31. The molecule has 0 saturated heterocycles. The zero-order valence-electron chi connectivity index (χ0n) is 15.8. The minimum Gasteiger partial charge on any atom is -0.301 e. The first-order valence-corrected chi connectivity index (χ1v) is 10.7. The van der Waals surface area contributed by atoms with Gasteiger partial charge in [-0.15, -0.1) is 16.8 Å². The summed E-state index contributed by atoms with van der Waals surface area (Å²) in [5, 5.41) is 10.0. The van der Waals surface area contributed by atoms with Crippen LogP contribution >= 0.6 is 23.5 Å². The Kier molecular flexibility index (Phi) is 7.00. The summed E-state index contributed by atoms with van der Waals surface area (Å²) in [5.74, 6) is 1.78. The number of hydrogen-bond acceptors (Lipinski definition) is 7. The van der Waals surface area contributed by atoms with Gasteiger partial charge in [0.15, 0.2) is 16.1 Å². The molecule has 0 aliphatic carbocycles. The molecule has 144 valence electrons. The van der Waals surface area contributed by atoms with Gasteiger partial charge in [0, 0.05) is 23.5 Å². The van der Waals surface area contributed by atoms with E-state index in [0.29, 0.717) is 28.8 Å². The van der Waals surface area contributed by atoms with Gasteiger partial charge in [-0.2, -0.15) is 0 Å². The zero-order chi connectivity index (χ0) is 19.9. The number of nitrogens with zero attached hydrogens (tertiary/aromatic N) is 5. The number of thioether (sulfide) groups is 2. The minimum absolute atomic E-state index is 0.0679. The molecule has 8 heteroatoms. The highest BCUT2D eigenvalue weighted by Crippen LogP contribution is 2.23. The maximum absolute atomic E-state index is 12.3. The SMILES string of the molecule is C=CCn1c(CSc2nc(C)cc(C)n2)nnc1SCC(=O)c1ccccc1. The fraction of sp³-hybridized carbons (Fsp3) is 0.250. The van der Waals surface area contributed by atoms with Gasteiger partial charge in [0.25, 0.3) is 0 Å². The summed E-state index contributed by atoms with van der Waals surface area (Å²) in [6, 6.07) is 11.2. The van der Waals surface area contributed by atoms with Gasteiger partial charge in [0.1, 0.15) is 5.82 Å². The molecule has 0 bridgehead atoms. The van der Waals surface area contributed by atoms with Crippen LogP contribution < -0.4 is 0 Å². The smallest absolute Gasteiger partial charge is 0.191 e. The molecule has 0 saturated carbocycles. The standard InChI is InChI=1S/C20H21N5OS2/c1-4-10-25-18(13-27-19-21-14(2)11-15(3)22-19)23-24-20(25)28-12-17(26)16-8-6-5-7-9-16/h4-9,11H,1,10,12-13H2,2-3H3. The molecule has 0 atom stereocenters. The van der Waals surface area contributed by atoms with Crippen molar-refractivity contribution in [1.82, 2.24) is 24.7 Å². The number of aromatic nitrogens is 5. The molecule has 0 spiro atoms. The third kappa shape index (κ3) is 5.30. The van der Waals surface area contributed by atoms with Crippen LogP contribution in [0, 0.1) is 13.8 Å². The van der Waals surface area contributed by atoms with E-state index in [1.165, 1.54) is 23.5 Å². The van der Waals surface area contributed by atoms with E-state index in [1.54, 1.807) is 6.08 Å². The average molecular weight is 412 g/mol. The van der Waals surface area contributed by atoms with Crippen LogP contribution in [0.3, 0.4) is 0 Å². The molecule has 0 unspecified atom stereocenters.